The molecule has 1 amide bonds. The van der Waals surface area contributed by atoms with Crippen molar-refractivity contribution in [1.29, 1.82) is 0 Å². The molecule has 1 heterocycles. The fourth-order valence-electron chi connectivity index (χ4n) is 3.04. The van der Waals surface area contributed by atoms with Gasteiger partial charge in [-0.25, -0.2) is 0 Å². The lowest BCUT2D eigenvalue weighted by Crippen LogP contribution is -2.39. The van der Waals surface area contributed by atoms with Crippen molar-refractivity contribution in [3.05, 3.63) is 75.8 Å². The Kier molecular flexibility index (Phi) is 4.37. The van der Waals surface area contributed by atoms with Gasteiger partial charge in [-0.1, -0.05) is 42.5 Å². The van der Waals surface area contributed by atoms with Crippen LogP contribution in [0.3, 0.4) is 0 Å². The Morgan fingerprint density at radius 2 is 1.78 bits per heavy atom. The number of hydrogen-bond donors (Lipinski definition) is 0. The van der Waals surface area contributed by atoms with E-state index in [1.807, 2.05) is 35.2 Å². The maximum Gasteiger partial charge on any atom is 0.269 e. The fraction of sp³-hybridized carbons (Fsp3) is 0.278. The molecule has 1 atom stereocenters. The van der Waals surface area contributed by atoms with Gasteiger partial charge in [0.05, 0.1) is 10.8 Å². The molecule has 1 fully saturated rings. The van der Waals surface area contributed by atoms with E-state index in [0.717, 1.165) is 30.5 Å². The van der Waals surface area contributed by atoms with Crippen LogP contribution in [0.1, 0.15) is 29.9 Å². The third-order valence-electron chi connectivity index (χ3n) is 4.25. The maximum atomic E-state index is 12.7. The van der Waals surface area contributed by atoms with Crippen molar-refractivity contribution < 1.29 is 9.72 Å². The van der Waals surface area contributed by atoms with Gasteiger partial charge in [-0.2, -0.15) is 0 Å². The molecule has 2 aromatic rings. The molecule has 23 heavy (non-hydrogen) atoms. The molecule has 0 saturated carbocycles. The second kappa shape index (κ2) is 6.60. The van der Waals surface area contributed by atoms with E-state index in [1.165, 1.54) is 12.1 Å². The minimum atomic E-state index is -0.422. The summed E-state index contributed by atoms with van der Waals surface area (Å²) in [5, 5.41) is 10.7. The molecule has 0 aliphatic carbocycles. The van der Waals surface area contributed by atoms with E-state index in [2.05, 4.69) is 0 Å². The lowest BCUT2D eigenvalue weighted by Gasteiger charge is -2.32. The summed E-state index contributed by atoms with van der Waals surface area (Å²) >= 11 is 0. The smallest absolute Gasteiger partial charge is 0.269 e. The first kappa shape index (κ1) is 15.2. The van der Waals surface area contributed by atoms with Gasteiger partial charge >= 0.3 is 0 Å². The first-order chi connectivity index (χ1) is 11.1. The topological polar surface area (TPSA) is 63.4 Å². The third kappa shape index (κ3) is 3.39. The van der Waals surface area contributed by atoms with Crippen LogP contribution in [-0.2, 0) is 11.3 Å². The highest BCUT2D eigenvalue weighted by Gasteiger charge is 2.30. The second-order valence-electron chi connectivity index (χ2n) is 5.79. The van der Waals surface area contributed by atoms with Crippen molar-refractivity contribution >= 4 is 11.6 Å². The maximum absolute atomic E-state index is 12.7. The van der Waals surface area contributed by atoms with E-state index < -0.39 is 4.92 Å². The minimum Gasteiger partial charge on any atom is -0.338 e. The van der Waals surface area contributed by atoms with E-state index in [0.29, 0.717) is 6.54 Å². The molecule has 1 unspecified atom stereocenters. The SMILES string of the molecule is O=C1C(c2ccc([N+](=O)[O-])cc2)CCCN1Cc1ccccc1. The van der Waals surface area contributed by atoms with Gasteiger partial charge in [0, 0.05) is 25.2 Å². The van der Waals surface area contributed by atoms with Crippen molar-refractivity contribution in [2.75, 3.05) is 6.54 Å². The highest BCUT2D eigenvalue weighted by molar-refractivity contribution is 5.84. The van der Waals surface area contributed by atoms with Crippen molar-refractivity contribution in [3.63, 3.8) is 0 Å². The van der Waals surface area contributed by atoms with Crippen molar-refractivity contribution in [3.8, 4) is 0 Å². The zero-order valence-electron chi connectivity index (χ0n) is 12.7. The summed E-state index contributed by atoms with van der Waals surface area (Å²) in [5.74, 6) is -0.0952. The highest BCUT2D eigenvalue weighted by atomic mass is 16.6. The standard InChI is InChI=1S/C18H18N2O3/c21-18-17(15-8-10-16(11-9-15)20(22)23)7-4-12-19(18)13-14-5-2-1-3-6-14/h1-3,5-6,8-11,17H,4,7,12-13H2. The Bertz CT molecular complexity index is 698. The predicted octanol–water partition coefficient (Wildman–Crippen LogP) is 3.50. The summed E-state index contributed by atoms with van der Waals surface area (Å²) in [7, 11) is 0. The fourth-order valence-corrected chi connectivity index (χ4v) is 3.04. The lowest BCUT2D eigenvalue weighted by atomic mass is 9.89. The molecule has 1 aliphatic heterocycles. The molecular formula is C18H18N2O3. The van der Waals surface area contributed by atoms with Crippen LogP contribution in [0.4, 0.5) is 5.69 Å². The Balaban J connectivity index is 1.75. The molecule has 0 N–H and O–H groups in total. The number of nitro benzene ring substituents is 1. The Morgan fingerprint density at radius 1 is 1.09 bits per heavy atom. The normalized spacial score (nSPS) is 18.0. The first-order valence-electron chi connectivity index (χ1n) is 7.72. The predicted molar refractivity (Wildman–Crippen MR) is 86.9 cm³/mol. The van der Waals surface area contributed by atoms with Gasteiger partial charge in [-0.3, -0.25) is 14.9 Å². The van der Waals surface area contributed by atoms with Crippen LogP contribution in [0.2, 0.25) is 0 Å². The van der Waals surface area contributed by atoms with Crippen LogP contribution in [0.5, 0.6) is 0 Å². The Labute approximate surface area is 134 Å². The highest BCUT2D eigenvalue weighted by Crippen LogP contribution is 2.30. The Morgan fingerprint density at radius 3 is 2.43 bits per heavy atom. The molecule has 2 aromatic carbocycles. The van der Waals surface area contributed by atoms with E-state index >= 15 is 0 Å². The Hall–Kier alpha value is -2.69. The molecule has 0 spiro atoms. The number of nitro groups is 1. The van der Waals surface area contributed by atoms with Crippen molar-refractivity contribution in [2.45, 2.75) is 25.3 Å². The number of nitrogens with zero attached hydrogens (tertiary/aromatic N) is 2. The molecule has 1 aliphatic rings. The minimum absolute atomic E-state index is 0.0538. The molecule has 0 radical (unpaired) electrons. The number of piperidine rings is 1. The molecule has 5 heteroatoms. The van der Waals surface area contributed by atoms with Gasteiger partial charge in [0.25, 0.3) is 5.69 Å². The summed E-state index contributed by atoms with van der Waals surface area (Å²) in [6.45, 7) is 1.38. The number of carbonyl (C=O) groups excluding carboxylic acids is 1. The van der Waals surface area contributed by atoms with E-state index in [-0.39, 0.29) is 17.5 Å². The van der Waals surface area contributed by atoms with Gasteiger partial charge in [0.1, 0.15) is 0 Å². The molecule has 5 nitrogen and oxygen atoms in total. The van der Waals surface area contributed by atoms with Crippen LogP contribution in [0.25, 0.3) is 0 Å². The van der Waals surface area contributed by atoms with E-state index in [1.54, 1.807) is 12.1 Å². The van der Waals surface area contributed by atoms with Crippen LogP contribution in [-0.4, -0.2) is 22.3 Å². The summed E-state index contributed by atoms with van der Waals surface area (Å²) in [4.78, 5) is 24.9. The van der Waals surface area contributed by atoms with Gasteiger partial charge in [0.2, 0.25) is 5.91 Å². The molecular weight excluding hydrogens is 292 g/mol. The summed E-state index contributed by atoms with van der Waals surface area (Å²) < 4.78 is 0. The third-order valence-corrected chi connectivity index (χ3v) is 4.25. The zero-order valence-corrected chi connectivity index (χ0v) is 12.7. The van der Waals surface area contributed by atoms with Crippen LogP contribution < -0.4 is 0 Å². The van der Waals surface area contributed by atoms with E-state index in [9.17, 15) is 14.9 Å². The zero-order chi connectivity index (χ0) is 16.2. The van der Waals surface area contributed by atoms with Gasteiger partial charge in [-0.05, 0) is 24.0 Å². The molecule has 1 saturated heterocycles. The van der Waals surface area contributed by atoms with Crippen LogP contribution >= 0.6 is 0 Å². The molecule has 118 valence electrons. The quantitative estimate of drug-likeness (QED) is 0.641. The van der Waals surface area contributed by atoms with E-state index in [4.69, 9.17) is 0 Å². The summed E-state index contributed by atoms with van der Waals surface area (Å²) in [6.07, 6.45) is 1.74. The number of non-ortho nitro benzene ring substituents is 1. The van der Waals surface area contributed by atoms with Gasteiger partial charge in [0.15, 0.2) is 0 Å². The number of likely N-dealkylation sites (tertiary alicyclic amines) is 1. The van der Waals surface area contributed by atoms with Crippen LogP contribution in [0.15, 0.2) is 54.6 Å². The number of benzene rings is 2. The summed E-state index contributed by atoms with van der Waals surface area (Å²) in [5.41, 5.74) is 2.03. The van der Waals surface area contributed by atoms with Crippen molar-refractivity contribution in [2.24, 2.45) is 0 Å². The average molecular weight is 310 g/mol. The van der Waals surface area contributed by atoms with Gasteiger partial charge < -0.3 is 4.90 Å². The first-order valence-corrected chi connectivity index (χ1v) is 7.72. The van der Waals surface area contributed by atoms with Crippen molar-refractivity contribution in [1.82, 2.24) is 4.90 Å². The monoisotopic (exact) mass is 310 g/mol. The number of rotatable bonds is 4. The van der Waals surface area contributed by atoms with Crippen LogP contribution in [0, 0.1) is 10.1 Å². The number of amides is 1. The molecule has 3 rings (SSSR count). The average Bonchev–Trinajstić information content (AvgIpc) is 2.58. The lowest BCUT2D eigenvalue weighted by molar-refractivity contribution is -0.384. The largest absolute Gasteiger partial charge is 0.338 e. The number of carbonyl (C=O) groups is 1. The summed E-state index contributed by atoms with van der Waals surface area (Å²) in [6, 6.07) is 16.3. The number of hydrogen-bond acceptors (Lipinski definition) is 3. The second-order valence-corrected chi connectivity index (χ2v) is 5.79. The molecule has 0 aromatic heterocycles. The molecule has 0 bridgehead atoms. The van der Waals surface area contributed by atoms with Gasteiger partial charge in [-0.15, -0.1) is 0 Å².